The highest BCUT2D eigenvalue weighted by molar-refractivity contribution is 7.26. The number of thiophene rings is 1. The summed E-state index contributed by atoms with van der Waals surface area (Å²) in [7, 11) is 0. The number of rotatable bonds is 6. The molecule has 5 heteroatoms. The number of benzene rings is 8. The van der Waals surface area contributed by atoms with Gasteiger partial charge in [0, 0.05) is 42.2 Å². The zero-order valence-electron chi connectivity index (χ0n) is 30.4. The fourth-order valence-electron chi connectivity index (χ4n) is 8.43. The normalized spacial score (nSPS) is 15.7. The van der Waals surface area contributed by atoms with Crippen LogP contribution in [0.2, 0.25) is 0 Å². The smallest absolute Gasteiger partial charge is 0.131 e. The Bertz CT molecular complexity index is 3090. The van der Waals surface area contributed by atoms with E-state index in [0.29, 0.717) is 0 Å². The predicted octanol–water partition coefficient (Wildman–Crippen LogP) is 12.8. The largest absolute Gasteiger partial charge is 0.350 e. The number of aliphatic imine (C=N–C) groups is 1. The molecule has 266 valence electrons. The molecule has 11 rings (SSSR count). The summed E-state index contributed by atoms with van der Waals surface area (Å²) in [6, 6.07) is 69.8. The zero-order valence-corrected chi connectivity index (χ0v) is 31.2. The van der Waals surface area contributed by atoms with E-state index in [-0.39, 0.29) is 12.3 Å². The molecule has 2 atom stereocenters. The molecule has 0 radical (unpaired) electrons. The van der Waals surface area contributed by atoms with Gasteiger partial charge in [-0.25, -0.2) is 4.99 Å². The van der Waals surface area contributed by atoms with Gasteiger partial charge < -0.3 is 9.88 Å². The van der Waals surface area contributed by atoms with Gasteiger partial charge in [-0.1, -0.05) is 164 Å². The van der Waals surface area contributed by atoms with Crippen LogP contribution < -0.4 is 10.6 Å². The first-order valence-corrected chi connectivity index (χ1v) is 19.9. The monoisotopic (exact) mass is 736 g/mol. The maximum absolute atomic E-state index is 5.12. The minimum Gasteiger partial charge on any atom is -0.350 e. The van der Waals surface area contributed by atoms with E-state index in [1.54, 1.807) is 0 Å². The summed E-state index contributed by atoms with van der Waals surface area (Å²) in [5, 5.41) is 12.6. The molecule has 1 aliphatic heterocycles. The summed E-state index contributed by atoms with van der Waals surface area (Å²) in [5.41, 5.74) is 11.8. The van der Waals surface area contributed by atoms with E-state index >= 15 is 0 Å². The molecule has 0 bridgehead atoms. The van der Waals surface area contributed by atoms with Crippen LogP contribution in [0.15, 0.2) is 199 Å². The van der Waals surface area contributed by atoms with E-state index in [4.69, 9.17) is 4.99 Å². The Morgan fingerprint density at radius 2 is 1.04 bits per heavy atom. The Hall–Kier alpha value is -6.79. The minimum absolute atomic E-state index is 0.156. The number of nitrogens with one attached hydrogen (secondary N) is 2. The molecule has 8 aromatic carbocycles. The van der Waals surface area contributed by atoms with Crippen molar-refractivity contribution in [1.29, 1.82) is 0 Å². The highest BCUT2D eigenvalue weighted by Gasteiger charge is 2.26. The van der Waals surface area contributed by atoms with Crippen molar-refractivity contribution in [1.82, 2.24) is 15.2 Å². The van der Waals surface area contributed by atoms with Crippen molar-refractivity contribution in [3.63, 3.8) is 0 Å². The molecule has 56 heavy (non-hydrogen) atoms. The van der Waals surface area contributed by atoms with Crippen molar-refractivity contribution in [2.24, 2.45) is 4.99 Å². The maximum Gasteiger partial charge on any atom is 0.131 e. The number of aromatic nitrogens is 1. The van der Waals surface area contributed by atoms with E-state index in [9.17, 15) is 0 Å². The van der Waals surface area contributed by atoms with Gasteiger partial charge in [0.15, 0.2) is 0 Å². The van der Waals surface area contributed by atoms with Crippen LogP contribution in [0.5, 0.6) is 0 Å². The summed E-state index contributed by atoms with van der Waals surface area (Å²) in [4.78, 5) is 5.12. The number of fused-ring (bicyclic) bond motifs is 6. The molecule has 1 aliphatic rings. The Balaban J connectivity index is 1.02. The zero-order chi connectivity index (χ0) is 37.0. The minimum atomic E-state index is -0.191. The first kappa shape index (κ1) is 32.6. The lowest BCUT2D eigenvalue weighted by Crippen LogP contribution is -2.45. The van der Waals surface area contributed by atoms with Gasteiger partial charge in [-0.05, 0) is 63.7 Å². The molecule has 0 spiro atoms. The molecule has 4 nitrogen and oxygen atoms in total. The van der Waals surface area contributed by atoms with Crippen LogP contribution in [0.3, 0.4) is 0 Å². The molecule has 0 amide bonds. The fraction of sp³-hybridized carbons (Fsp3) is 0.0392. The average molecular weight is 737 g/mol. The number of amidine groups is 1. The Kier molecular flexibility index (Phi) is 7.87. The second-order valence-electron chi connectivity index (χ2n) is 14.4. The molecule has 0 saturated carbocycles. The van der Waals surface area contributed by atoms with Crippen molar-refractivity contribution >= 4 is 59.2 Å². The lowest BCUT2D eigenvalue weighted by molar-refractivity contribution is 0.409. The number of hydrogen-bond acceptors (Lipinski definition) is 4. The SMILES string of the molecule is c1ccc(C2=NC(c3ccccc3)NC(c3cccc(-n4c5ccccc5c5cc(-c6cccc7c6sc6c(-c8ccccc8)cccc67)ccc54)c3)N2)cc1. The summed E-state index contributed by atoms with van der Waals surface area (Å²) < 4.78 is 5.06. The Labute approximate surface area is 329 Å². The van der Waals surface area contributed by atoms with Crippen molar-refractivity contribution in [3.05, 3.63) is 211 Å². The lowest BCUT2D eigenvalue weighted by atomic mass is 9.99. The molecule has 2 aromatic heterocycles. The molecule has 10 aromatic rings. The van der Waals surface area contributed by atoms with Crippen molar-refractivity contribution in [2.45, 2.75) is 12.3 Å². The van der Waals surface area contributed by atoms with Gasteiger partial charge in [-0.3, -0.25) is 5.32 Å². The molecule has 3 heterocycles. The molecular weight excluding hydrogens is 701 g/mol. The van der Waals surface area contributed by atoms with Crippen LogP contribution >= 0.6 is 11.3 Å². The molecule has 0 aliphatic carbocycles. The third kappa shape index (κ3) is 5.51. The Morgan fingerprint density at radius 3 is 1.79 bits per heavy atom. The van der Waals surface area contributed by atoms with Gasteiger partial charge >= 0.3 is 0 Å². The van der Waals surface area contributed by atoms with Crippen molar-refractivity contribution in [2.75, 3.05) is 0 Å². The number of hydrogen-bond donors (Lipinski definition) is 2. The molecular formula is C51H36N4S. The second-order valence-corrected chi connectivity index (χ2v) is 15.4. The molecule has 2 unspecified atom stereocenters. The molecule has 0 fully saturated rings. The van der Waals surface area contributed by atoms with E-state index < -0.39 is 0 Å². The third-order valence-electron chi connectivity index (χ3n) is 11.1. The predicted molar refractivity (Wildman–Crippen MR) is 236 cm³/mol. The molecule has 2 N–H and O–H groups in total. The summed E-state index contributed by atoms with van der Waals surface area (Å²) in [5.74, 6) is 0.878. The van der Waals surface area contributed by atoms with Crippen LogP contribution in [-0.2, 0) is 0 Å². The first-order chi connectivity index (χ1) is 27.8. The van der Waals surface area contributed by atoms with Gasteiger partial charge in [0.1, 0.15) is 18.2 Å². The standard InChI is InChI=1S/C51H36N4S/c1-4-15-33(16-5-1)39-24-13-26-42-43-27-14-25-40(48(43)56-47(39)42)36-29-30-46-44(32-36)41-23-10-11-28-45(41)55(46)38-22-12-21-37(31-38)51-53-49(34-17-6-2-7-18-34)52-50(54-51)35-19-8-3-9-20-35/h1-32,49,51,53H,(H,52,54). The van der Waals surface area contributed by atoms with Gasteiger partial charge in [0.2, 0.25) is 0 Å². The maximum atomic E-state index is 5.12. The van der Waals surface area contributed by atoms with Gasteiger partial charge in [-0.2, -0.15) is 0 Å². The third-order valence-corrected chi connectivity index (χ3v) is 12.4. The number of para-hydroxylation sites is 1. The number of nitrogens with zero attached hydrogens (tertiary/aromatic N) is 2. The van der Waals surface area contributed by atoms with Gasteiger partial charge in [-0.15, -0.1) is 11.3 Å². The van der Waals surface area contributed by atoms with E-state index in [1.807, 2.05) is 23.5 Å². The highest BCUT2D eigenvalue weighted by atomic mass is 32.1. The Morgan fingerprint density at radius 1 is 0.446 bits per heavy atom. The molecule has 0 saturated heterocycles. The van der Waals surface area contributed by atoms with Crippen LogP contribution in [0, 0.1) is 0 Å². The van der Waals surface area contributed by atoms with Crippen molar-refractivity contribution in [3.8, 4) is 27.9 Å². The van der Waals surface area contributed by atoms with Crippen LogP contribution in [0.1, 0.15) is 29.0 Å². The first-order valence-electron chi connectivity index (χ1n) is 19.1. The quantitative estimate of drug-likeness (QED) is 0.178. The second kappa shape index (κ2) is 13.5. The van der Waals surface area contributed by atoms with Crippen molar-refractivity contribution < 1.29 is 0 Å². The van der Waals surface area contributed by atoms with E-state index in [2.05, 4.69) is 197 Å². The average Bonchev–Trinajstić information content (AvgIpc) is 3.83. The van der Waals surface area contributed by atoms with Crippen LogP contribution in [0.25, 0.3) is 69.9 Å². The van der Waals surface area contributed by atoms with E-state index in [0.717, 1.165) is 28.2 Å². The van der Waals surface area contributed by atoms with Crippen LogP contribution in [-0.4, -0.2) is 10.4 Å². The fourth-order valence-corrected chi connectivity index (χ4v) is 9.81. The topological polar surface area (TPSA) is 41.4 Å². The highest BCUT2D eigenvalue weighted by Crippen LogP contribution is 2.45. The lowest BCUT2D eigenvalue weighted by Gasteiger charge is -2.32. The summed E-state index contributed by atoms with van der Waals surface area (Å²) >= 11 is 1.90. The van der Waals surface area contributed by atoms with Gasteiger partial charge in [0.25, 0.3) is 0 Å². The van der Waals surface area contributed by atoms with Gasteiger partial charge in [0.05, 0.1) is 11.0 Å². The summed E-state index contributed by atoms with van der Waals surface area (Å²) in [6.45, 7) is 0. The van der Waals surface area contributed by atoms with Crippen LogP contribution in [0.4, 0.5) is 0 Å². The van der Waals surface area contributed by atoms with E-state index in [1.165, 1.54) is 64.2 Å². The summed E-state index contributed by atoms with van der Waals surface area (Å²) in [6.07, 6.45) is -0.347.